The Bertz CT molecular complexity index is 554. The van der Waals surface area contributed by atoms with Crippen LogP contribution >= 0.6 is 0 Å². The SMILES string of the molecule is CN(C)S(=O)(=O)NCc1ccc(C#CCCO)cc1. The molecule has 0 aliphatic carbocycles. The van der Waals surface area contributed by atoms with Crippen LogP contribution in [0.3, 0.4) is 0 Å². The lowest BCUT2D eigenvalue weighted by Crippen LogP contribution is -2.35. The number of hydrogen-bond donors (Lipinski definition) is 2. The Balaban J connectivity index is 2.61. The van der Waals surface area contributed by atoms with Crippen molar-refractivity contribution in [2.24, 2.45) is 0 Å². The van der Waals surface area contributed by atoms with Crippen LogP contribution in [-0.4, -0.2) is 38.5 Å². The molecule has 0 aliphatic rings. The summed E-state index contributed by atoms with van der Waals surface area (Å²) < 4.78 is 26.6. The summed E-state index contributed by atoms with van der Waals surface area (Å²) in [6, 6.07) is 7.29. The quantitative estimate of drug-likeness (QED) is 0.764. The van der Waals surface area contributed by atoms with Gasteiger partial charge in [-0.3, -0.25) is 0 Å². The molecule has 2 N–H and O–H groups in total. The zero-order chi connectivity index (χ0) is 14.3. The lowest BCUT2D eigenvalue weighted by molar-refractivity contribution is 0.305. The van der Waals surface area contributed by atoms with E-state index in [0.29, 0.717) is 6.42 Å². The van der Waals surface area contributed by atoms with Gasteiger partial charge in [-0.05, 0) is 17.7 Å². The van der Waals surface area contributed by atoms with Crippen LogP contribution in [0.1, 0.15) is 17.5 Å². The van der Waals surface area contributed by atoms with E-state index in [9.17, 15) is 8.42 Å². The van der Waals surface area contributed by atoms with E-state index >= 15 is 0 Å². The number of nitrogens with zero attached hydrogens (tertiary/aromatic N) is 1. The third kappa shape index (κ3) is 5.41. The van der Waals surface area contributed by atoms with Crippen molar-refractivity contribution in [3.63, 3.8) is 0 Å². The summed E-state index contributed by atoms with van der Waals surface area (Å²) in [7, 11) is -0.448. The van der Waals surface area contributed by atoms with Crippen molar-refractivity contribution in [1.29, 1.82) is 0 Å². The molecule has 0 heterocycles. The standard InChI is InChI=1S/C13H18N2O3S/c1-15(2)19(17,18)14-11-13-8-6-12(7-9-13)5-3-4-10-16/h6-9,14,16H,4,10-11H2,1-2H3. The largest absolute Gasteiger partial charge is 0.395 e. The molecular weight excluding hydrogens is 264 g/mol. The minimum atomic E-state index is -3.40. The summed E-state index contributed by atoms with van der Waals surface area (Å²) in [5, 5.41) is 8.61. The van der Waals surface area contributed by atoms with Crippen LogP contribution in [0.5, 0.6) is 0 Å². The van der Waals surface area contributed by atoms with Gasteiger partial charge in [0.05, 0.1) is 6.61 Å². The van der Waals surface area contributed by atoms with E-state index in [0.717, 1.165) is 15.4 Å². The first-order valence-electron chi connectivity index (χ1n) is 5.81. The minimum absolute atomic E-state index is 0.0530. The van der Waals surface area contributed by atoms with Gasteiger partial charge in [-0.1, -0.05) is 24.0 Å². The Morgan fingerprint density at radius 3 is 2.42 bits per heavy atom. The molecule has 0 aromatic heterocycles. The molecule has 1 aromatic carbocycles. The number of nitrogens with one attached hydrogen (secondary N) is 1. The van der Waals surface area contributed by atoms with E-state index in [1.807, 2.05) is 24.3 Å². The lowest BCUT2D eigenvalue weighted by atomic mass is 10.1. The Morgan fingerprint density at radius 2 is 1.89 bits per heavy atom. The zero-order valence-electron chi connectivity index (χ0n) is 11.0. The van der Waals surface area contributed by atoms with Gasteiger partial charge in [0.2, 0.25) is 0 Å². The second kappa shape index (κ2) is 7.26. The molecule has 5 nitrogen and oxygen atoms in total. The summed E-state index contributed by atoms with van der Waals surface area (Å²) in [6.07, 6.45) is 0.449. The molecule has 1 rings (SSSR count). The molecule has 0 saturated heterocycles. The Hall–Kier alpha value is -1.39. The Morgan fingerprint density at radius 1 is 1.26 bits per heavy atom. The molecule has 1 aromatic rings. The number of hydrogen-bond acceptors (Lipinski definition) is 3. The summed E-state index contributed by atoms with van der Waals surface area (Å²) in [5.74, 6) is 5.73. The predicted molar refractivity (Wildman–Crippen MR) is 74.5 cm³/mol. The van der Waals surface area contributed by atoms with Gasteiger partial charge in [-0.2, -0.15) is 17.4 Å². The fourth-order valence-corrected chi connectivity index (χ4v) is 1.84. The third-order valence-corrected chi connectivity index (χ3v) is 3.83. The highest BCUT2D eigenvalue weighted by Gasteiger charge is 2.11. The van der Waals surface area contributed by atoms with Gasteiger partial charge >= 0.3 is 0 Å². The highest BCUT2D eigenvalue weighted by atomic mass is 32.2. The van der Waals surface area contributed by atoms with Crippen molar-refractivity contribution in [3.8, 4) is 11.8 Å². The second-order valence-corrected chi connectivity index (χ2v) is 6.05. The molecule has 0 spiro atoms. The van der Waals surface area contributed by atoms with Crippen LogP contribution in [0.15, 0.2) is 24.3 Å². The average Bonchev–Trinajstić information content (AvgIpc) is 2.38. The first-order valence-corrected chi connectivity index (χ1v) is 7.25. The van der Waals surface area contributed by atoms with Gasteiger partial charge in [0.15, 0.2) is 0 Å². The molecule has 0 bridgehead atoms. The number of rotatable bonds is 5. The maximum atomic E-state index is 11.5. The average molecular weight is 282 g/mol. The highest BCUT2D eigenvalue weighted by molar-refractivity contribution is 7.87. The summed E-state index contributed by atoms with van der Waals surface area (Å²) in [4.78, 5) is 0. The first kappa shape index (κ1) is 15.7. The van der Waals surface area contributed by atoms with E-state index in [-0.39, 0.29) is 13.2 Å². The Labute approximate surface area is 114 Å². The topological polar surface area (TPSA) is 69.6 Å². The molecule has 19 heavy (non-hydrogen) atoms. The van der Waals surface area contributed by atoms with Gasteiger partial charge in [0.1, 0.15) is 0 Å². The van der Waals surface area contributed by atoms with Gasteiger partial charge in [0.25, 0.3) is 10.2 Å². The van der Waals surface area contributed by atoms with E-state index in [1.54, 1.807) is 0 Å². The molecule has 0 saturated carbocycles. The van der Waals surface area contributed by atoms with Crippen molar-refractivity contribution < 1.29 is 13.5 Å². The fourth-order valence-electron chi connectivity index (χ4n) is 1.23. The van der Waals surface area contributed by atoms with Gasteiger partial charge in [-0.15, -0.1) is 0 Å². The zero-order valence-corrected chi connectivity index (χ0v) is 11.9. The van der Waals surface area contributed by atoms with Gasteiger partial charge in [-0.25, -0.2) is 0 Å². The van der Waals surface area contributed by atoms with Crippen molar-refractivity contribution in [2.45, 2.75) is 13.0 Å². The van der Waals surface area contributed by atoms with Gasteiger partial charge in [0, 0.05) is 32.6 Å². The normalized spacial score (nSPS) is 11.2. The van der Waals surface area contributed by atoms with E-state index in [2.05, 4.69) is 16.6 Å². The monoisotopic (exact) mass is 282 g/mol. The van der Waals surface area contributed by atoms with Gasteiger partial charge < -0.3 is 5.11 Å². The molecule has 0 radical (unpaired) electrons. The van der Waals surface area contributed by atoms with E-state index in [1.165, 1.54) is 14.1 Å². The van der Waals surface area contributed by atoms with Crippen LogP contribution in [-0.2, 0) is 16.8 Å². The van der Waals surface area contributed by atoms with Crippen molar-refractivity contribution in [3.05, 3.63) is 35.4 Å². The molecule has 0 amide bonds. The first-order chi connectivity index (χ1) is 8.95. The van der Waals surface area contributed by atoms with Crippen LogP contribution in [0.4, 0.5) is 0 Å². The summed E-state index contributed by atoms with van der Waals surface area (Å²) in [6.45, 7) is 0.294. The third-order valence-electron chi connectivity index (χ3n) is 2.36. The van der Waals surface area contributed by atoms with Crippen LogP contribution in [0.2, 0.25) is 0 Å². The molecular formula is C13H18N2O3S. The molecule has 0 aliphatic heterocycles. The van der Waals surface area contributed by atoms with E-state index in [4.69, 9.17) is 5.11 Å². The molecule has 0 atom stereocenters. The Kier molecular flexibility index (Phi) is 5.99. The number of aliphatic hydroxyl groups is 1. The van der Waals surface area contributed by atoms with Crippen molar-refractivity contribution in [1.82, 2.24) is 9.03 Å². The van der Waals surface area contributed by atoms with E-state index < -0.39 is 10.2 Å². The van der Waals surface area contributed by atoms with Crippen molar-refractivity contribution >= 4 is 10.2 Å². The maximum absolute atomic E-state index is 11.5. The number of benzene rings is 1. The van der Waals surface area contributed by atoms with Crippen LogP contribution in [0, 0.1) is 11.8 Å². The second-order valence-electron chi connectivity index (χ2n) is 4.08. The number of aliphatic hydroxyl groups excluding tert-OH is 1. The summed E-state index contributed by atoms with van der Waals surface area (Å²) >= 11 is 0. The maximum Gasteiger partial charge on any atom is 0.279 e. The predicted octanol–water partition coefficient (Wildman–Crippen LogP) is 0.317. The van der Waals surface area contributed by atoms with Crippen molar-refractivity contribution in [2.75, 3.05) is 20.7 Å². The van der Waals surface area contributed by atoms with Crippen LogP contribution in [0.25, 0.3) is 0 Å². The smallest absolute Gasteiger partial charge is 0.279 e. The summed E-state index contributed by atoms with van der Waals surface area (Å²) in [5.41, 5.74) is 1.70. The minimum Gasteiger partial charge on any atom is -0.395 e. The van der Waals surface area contributed by atoms with Crippen LogP contribution < -0.4 is 4.72 Å². The molecule has 6 heteroatoms. The fraction of sp³-hybridized carbons (Fsp3) is 0.385. The lowest BCUT2D eigenvalue weighted by Gasteiger charge is -2.12. The molecule has 104 valence electrons. The highest BCUT2D eigenvalue weighted by Crippen LogP contribution is 2.04. The molecule has 0 fully saturated rings. The molecule has 0 unspecified atom stereocenters.